The third kappa shape index (κ3) is 2.93. The van der Waals surface area contributed by atoms with Crippen LogP contribution in [0.1, 0.15) is 17.2 Å². The standard InChI is InChI=1S/C18H14F2O/c19-16-8-7-15(11-17(16)20)18(21)10-12-5-6-13-3-1-2-4-14(13)9-12/h1-9,11,18,21H,10H2. The van der Waals surface area contributed by atoms with Crippen LogP contribution in [0.3, 0.4) is 0 Å². The highest BCUT2D eigenvalue weighted by Crippen LogP contribution is 2.23. The van der Waals surface area contributed by atoms with Gasteiger partial charge < -0.3 is 5.11 Å². The number of hydrogen-bond acceptors (Lipinski definition) is 1. The van der Waals surface area contributed by atoms with E-state index in [1.165, 1.54) is 6.07 Å². The minimum absolute atomic E-state index is 0.357. The Balaban J connectivity index is 1.85. The molecule has 0 heterocycles. The van der Waals surface area contributed by atoms with Crippen LogP contribution in [0.4, 0.5) is 8.78 Å². The van der Waals surface area contributed by atoms with Crippen LogP contribution in [-0.2, 0) is 6.42 Å². The highest BCUT2D eigenvalue weighted by atomic mass is 19.2. The molecule has 0 spiro atoms. The molecule has 0 fully saturated rings. The predicted octanol–water partition coefficient (Wildman–Crippen LogP) is 4.39. The maximum Gasteiger partial charge on any atom is 0.159 e. The van der Waals surface area contributed by atoms with Crippen molar-refractivity contribution in [1.82, 2.24) is 0 Å². The maximum atomic E-state index is 13.2. The minimum Gasteiger partial charge on any atom is -0.388 e. The zero-order chi connectivity index (χ0) is 14.8. The first-order chi connectivity index (χ1) is 10.1. The van der Waals surface area contributed by atoms with E-state index in [-0.39, 0.29) is 0 Å². The van der Waals surface area contributed by atoms with E-state index < -0.39 is 17.7 Å². The molecule has 0 saturated carbocycles. The van der Waals surface area contributed by atoms with Crippen molar-refractivity contribution in [3.05, 3.63) is 83.4 Å². The fraction of sp³-hybridized carbons (Fsp3) is 0.111. The molecular weight excluding hydrogens is 270 g/mol. The van der Waals surface area contributed by atoms with Crippen LogP contribution < -0.4 is 0 Å². The lowest BCUT2D eigenvalue weighted by atomic mass is 9.99. The number of fused-ring (bicyclic) bond motifs is 1. The van der Waals surface area contributed by atoms with Crippen LogP contribution in [0.2, 0.25) is 0 Å². The summed E-state index contributed by atoms with van der Waals surface area (Å²) < 4.78 is 26.1. The molecule has 0 amide bonds. The Labute approximate surface area is 121 Å². The number of benzene rings is 3. The van der Waals surface area contributed by atoms with E-state index >= 15 is 0 Å². The van der Waals surface area contributed by atoms with Gasteiger partial charge in [-0.25, -0.2) is 8.78 Å². The van der Waals surface area contributed by atoms with Gasteiger partial charge in [0, 0.05) is 6.42 Å². The second kappa shape index (κ2) is 5.62. The Morgan fingerprint density at radius 3 is 2.33 bits per heavy atom. The van der Waals surface area contributed by atoms with Crippen LogP contribution in [-0.4, -0.2) is 5.11 Å². The summed E-state index contributed by atoms with van der Waals surface area (Å²) in [4.78, 5) is 0. The zero-order valence-corrected chi connectivity index (χ0v) is 11.3. The largest absolute Gasteiger partial charge is 0.388 e. The van der Waals surface area contributed by atoms with Crippen LogP contribution >= 0.6 is 0 Å². The van der Waals surface area contributed by atoms with Gasteiger partial charge >= 0.3 is 0 Å². The summed E-state index contributed by atoms with van der Waals surface area (Å²) >= 11 is 0. The summed E-state index contributed by atoms with van der Waals surface area (Å²) in [5, 5.41) is 12.4. The van der Waals surface area contributed by atoms with E-state index in [1.807, 2.05) is 42.5 Å². The third-order valence-electron chi connectivity index (χ3n) is 3.57. The number of aliphatic hydroxyl groups is 1. The van der Waals surface area contributed by atoms with Gasteiger partial charge in [-0.15, -0.1) is 0 Å². The van der Waals surface area contributed by atoms with Crippen LogP contribution in [0.5, 0.6) is 0 Å². The van der Waals surface area contributed by atoms with Crippen molar-refractivity contribution in [2.24, 2.45) is 0 Å². The smallest absolute Gasteiger partial charge is 0.159 e. The van der Waals surface area contributed by atoms with E-state index in [2.05, 4.69) is 0 Å². The van der Waals surface area contributed by atoms with Gasteiger partial charge in [0.1, 0.15) is 0 Å². The summed E-state index contributed by atoms with van der Waals surface area (Å²) in [6.45, 7) is 0. The second-order valence-corrected chi connectivity index (χ2v) is 5.07. The molecule has 0 aromatic heterocycles. The molecule has 21 heavy (non-hydrogen) atoms. The first-order valence-electron chi connectivity index (χ1n) is 6.74. The molecule has 1 unspecified atom stereocenters. The Hall–Kier alpha value is -2.26. The molecule has 3 heteroatoms. The predicted molar refractivity (Wildman–Crippen MR) is 79.0 cm³/mol. The number of rotatable bonds is 3. The summed E-state index contributed by atoms with van der Waals surface area (Å²) in [5.74, 6) is -1.85. The monoisotopic (exact) mass is 284 g/mol. The molecule has 3 aromatic rings. The molecule has 0 aliphatic rings. The van der Waals surface area contributed by atoms with Crippen molar-refractivity contribution in [3.63, 3.8) is 0 Å². The van der Waals surface area contributed by atoms with Crippen LogP contribution in [0, 0.1) is 11.6 Å². The van der Waals surface area contributed by atoms with Gasteiger partial charge in [-0.2, -0.15) is 0 Å². The second-order valence-electron chi connectivity index (χ2n) is 5.07. The van der Waals surface area contributed by atoms with Gasteiger partial charge in [-0.1, -0.05) is 48.5 Å². The Morgan fingerprint density at radius 2 is 1.57 bits per heavy atom. The summed E-state index contributed by atoms with van der Waals surface area (Å²) in [7, 11) is 0. The topological polar surface area (TPSA) is 20.2 Å². The van der Waals surface area contributed by atoms with Gasteiger partial charge in [0.15, 0.2) is 11.6 Å². The SMILES string of the molecule is OC(Cc1ccc2ccccc2c1)c1ccc(F)c(F)c1. The molecule has 0 saturated heterocycles. The molecule has 0 aliphatic carbocycles. The Bertz CT molecular complexity index is 783. The molecule has 0 aliphatic heterocycles. The number of hydrogen-bond donors (Lipinski definition) is 1. The third-order valence-corrected chi connectivity index (χ3v) is 3.57. The van der Waals surface area contributed by atoms with Gasteiger partial charge in [-0.3, -0.25) is 0 Å². The molecule has 0 radical (unpaired) electrons. The van der Waals surface area contributed by atoms with E-state index in [1.54, 1.807) is 0 Å². The van der Waals surface area contributed by atoms with Gasteiger partial charge in [0.05, 0.1) is 6.10 Å². The normalized spacial score (nSPS) is 12.5. The first-order valence-corrected chi connectivity index (χ1v) is 6.74. The van der Waals surface area contributed by atoms with E-state index in [4.69, 9.17) is 0 Å². The molecule has 1 nitrogen and oxygen atoms in total. The number of halogens is 2. The fourth-order valence-electron chi connectivity index (χ4n) is 2.43. The van der Waals surface area contributed by atoms with Crippen LogP contribution in [0.15, 0.2) is 60.7 Å². The van der Waals surface area contributed by atoms with Gasteiger partial charge in [0.2, 0.25) is 0 Å². The van der Waals surface area contributed by atoms with E-state index in [0.29, 0.717) is 12.0 Å². The van der Waals surface area contributed by atoms with Gasteiger partial charge in [-0.05, 0) is 34.0 Å². The minimum atomic E-state index is -0.940. The molecule has 3 aromatic carbocycles. The highest BCUT2D eigenvalue weighted by molar-refractivity contribution is 5.83. The average molecular weight is 284 g/mol. The van der Waals surface area contributed by atoms with Crippen molar-refractivity contribution in [2.75, 3.05) is 0 Å². The van der Waals surface area contributed by atoms with Crippen molar-refractivity contribution in [1.29, 1.82) is 0 Å². The molecule has 1 N–H and O–H groups in total. The summed E-state index contributed by atoms with van der Waals surface area (Å²) in [5.41, 5.74) is 1.33. The van der Waals surface area contributed by atoms with Crippen molar-refractivity contribution >= 4 is 10.8 Å². The van der Waals surface area contributed by atoms with Gasteiger partial charge in [0.25, 0.3) is 0 Å². The lowest BCUT2D eigenvalue weighted by Crippen LogP contribution is -2.03. The Morgan fingerprint density at radius 1 is 0.810 bits per heavy atom. The lowest BCUT2D eigenvalue weighted by Gasteiger charge is -2.12. The van der Waals surface area contributed by atoms with Crippen LogP contribution in [0.25, 0.3) is 10.8 Å². The molecule has 3 rings (SSSR count). The highest BCUT2D eigenvalue weighted by Gasteiger charge is 2.12. The average Bonchev–Trinajstić information content (AvgIpc) is 2.50. The first kappa shape index (κ1) is 13.7. The fourth-order valence-corrected chi connectivity index (χ4v) is 2.43. The lowest BCUT2D eigenvalue weighted by molar-refractivity contribution is 0.178. The molecule has 0 bridgehead atoms. The zero-order valence-electron chi connectivity index (χ0n) is 11.3. The molecular formula is C18H14F2O. The maximum absolute atomic E-state index is 13.2. The molecule has 106 valence electrons. The van der Waals surface area contributed by atoms with E-state index in [9.17, 15) is 13.9 Å². The quantitative estimate of drug-likeness (QED) is 0.756. The van der Waals surface area contributed by atoms with Crippen molar-refractivity contribution < 1.29 is 13.9 Å². The van der Waals surface area contributed by atoms with E-state index in [0.717, 1.165) is 28.5 Å². The molecule has 1 atom stereocenters. The summed E-state index contributed by atoms with van der Waals surface area (Å²) in [6, 6.07) is 17.4. The summed E-state index contributed by atoms with van der Waals surface area (Å²) in [6.07, 6.45) is -0.503. The number of aliphatic hydroxyl groups excluding tert-OH is 1. The van der Waals surface area contributed by atoms with Crippen molar-refractivity contribution in [3.8, 4) is 0 Å². The Kier molecular flexibility index (Phi) is 3.67. The van der Waals surface area contributed by atoms with Crippen molar-refractivity contribution in [2.45, 2.75) is 12.5 Å².